The number of ether oxygens (including phenoxy) is 3. The van der Waals surface area contributed by atoms with Gasteiger partial charge in [-0.25, -0.2) is 9.59 Å². The lowest BCUT2D eigenvalue weighted by molar-refractivity contribution is -0.385. The van der Waals surface area contributed by atoms with Crippen LogP contribution in [0.4, 0.5) is 5.69 Å². The van der Waals surface area contributed by atoms with Gasteiger partial charge >= 0.3 is 11.9 Å². The lowest BCUT2D eigenvalue weighted by Gasteiger charge is -2.38. The number of hydrogen-bond donors (Lipinski definition) is 2. The van der Waals surface area contributed by atoms with Crippen molar-refractivity contribution >= 4 is 17.6 Å². The number of carbonyl (C=O) groups excluding carboxylic acids is 2. The monoisotopic (exact) mass is 564 g/mol. The van der Waals surface area contributed by atoms with Crippen LogP contribution in [-0.2, 0) is 25.5 Å². The number of benzene rings is 2. The Balaban J connectivity index is 1.60. The molecule has 0 bridgehead atoms. The molecule has 0 aliphatic carbocycles. The van der Waals surface area contributed by atoms with Crippen molar-refractivity contribution < 1.29 is 33.8 Å². The zero-order chi connectivity index (χ0) is 30.2. The van der Waals surface area contributed by atoms with E-state index in [4.69, 9.17) is 14.2 Å². The number of nitro benzene ring substituents is 1. The van der Waals surface area contributed by atoms with Crippen molar-refractivity contribution in [3.8, 4) is 11.5 Å². The summed E-state index contributed by atoms with van der Waals surface area (Å²) in [6.07, 6.45) is 1.77. The Kier molecular flexibility index (Phi) is 8.15. The third-order valence-corrected chi connectivity index (χ3v) is 8.29. The first kappa shape index (κ1) is 29.6. The molecule has 10 heteroatoms. The first-order chi connectivity index (χ1) is 19.3. The fraction of sp³-hybridized carbons (Fsp3) is 0.419. The van der Waals surface area contributed by atoms with Gasteiger partial charge in [0.15, 0.2) is 0 Å². The molecule has 0 fully saturated rings. The molecule has 2 aliphatic rings. The molecule has 0 radical (unpaired) electrons. The molecule has 2 N–H and O–H groups in total. The smallest absolute Gasteiger partial charge is 0.336 e. The normalized spacial score (nSPS) is 20.1. The van der Waals surface area contributed by atoms with Crippen LogP contribution >= 0.6 is 0 Å². The number of carbonyl (C=O) groups is 2. The third kappa shape index (κ3) is 5.38. The SMILES string of the molecule is COC(=O)C1=C(C)NC(C)=C(C(=O)OCCC2(C)CCc3c(C)c(O)c(C)c(C)c3O2)C1c1ccccc1[N+](=O)[O-]. The number of nitrogens with one attached hydrogen (secondary N) is 1. The van der Waals surface area contributed by atoms with Crippen molar-refractivity contribution in [3.63, 3.8) is 0 Å². The van der Waals surface area contributed by atoms with E-state index in [1.165, 1.54) is 25.3 Å². The summed E-state index contributed by atoms with van der Waals surface area (Å²) in [5, 5.41) is 25.4. The number of phenolic OH excluding ortho intramolecular Hbond substituents is 1. The topological polar surface area (TPSA) is 137 Å². The number of methoxy groups -OCH3 is 1. The Morgan fingerprint density at radius 3 is 2.34 bits per heavy atom. The molecule has 0 saturated carbocycles. The van der Waals surface area contributed by atoms with Crippen LogP contribution in [0.2, 0.25) is 0 Å². The van der Waals surface area contributed by atoms with Crippen molar-refractivity contribution in [2.75, 3.05) is 13.7 Å². The van der Waals surface area contributed by atoms with Gasteiger partial charge in [0.2, 0.25) is 0 Å². The van der Waals surface area contributed by atoms with E-state index in [0.29, 0.717) is 30.7 Å². The summed E-state index contributed by atoms with van der Waals surface area (Å²) < 4.78 is 17.2. The molecule has 0 spiro atoms. The van der Waals surface area contributed by atoms with Gasteiger partial charge in [0, 0.05) is 35.0 Å². The maximum atomic E-state index is 13.6. The number of allylic oxidation sites excluding steroid dienone is 2. The van der Waals surface area contributed by atoms with Gasteiger partial charge in [-0.05, 0) is 71.1 Å². The average Bonchev–Trinajstić information content (AvgIpc) is 2.93. The molecule has 2 aromatic carbocycles. The fourth-order valence-corrected chi connectivity index (χ4v) is 5.76. The number of dihydropyridines is 1. The molecule has 0 aromatic heterocycles. The van der Waals surface area contributed by atoms with E-state index < -0.39 is 28.4 Å². The minimum absolute atomic E-state index is 0.0242. The second-order valence-corrected chi connectivity index (χ2v) is 10.9. The van der Waals surface area contributed by atoms with E-state index in [2.05, 4.69) is 5.32 Å². The fourth-order valence-electron chi connectivity index (χ4n) is 5.76. The third-order valence-electron chi connectivity index (χ3n) is 8.29. The Morgan fingerprint density at radius 1 is 1.07 bits per heavy atom. The number of nitrogens with zero attached hydrogens (tertiary/aromatic N) is 1. The average molecular weight is 565 g/mol. The predicted octanol–water partition coefficient (Wildman–Crippen LogP) is 5.35. The highest BCUT2D eigenvalue weighted by atomic mass is 16.6. The van der Waals surface area contributed by atoms with Crippen LogP contribution in [0.25, 0.3) is 0 Å². The van der Waals surface area contributed by atoms with Gasteiger partial charge in [-0.1, -0.05) is 18.2 Å². The van der Waals surface area contributed by atoms with Gasteiger partial charge in [0.05, 0.1) is 35.7 Å². The molecule has 218 valence electrons. The van der Waals surface area contributed by atoms with Gasteiger partial charge in [-0.15, -0.1) is 0 Å². The molecule has 2 atom stereocenters. The van der Waals surface area contributed by atoms with Gasteiger partial charge in [0.25, 0.3) is 5.69 Å². The van der Waals surface area contributed by atoms with E-state index >= 15 is 0 Å². The molecular formula is C31H36N2O8. The molecule has 2 unspecified atom stereocenters. The van der Waals surface area contributed by atoms with Crippen LogP contribution in [0.15, 0.2) is 46.8 Å². The van der Waals surface area contributed by atoms with Crippen LogP contribution in [0.1, 0.15) is 67.3 Å². The Morgan fingerprint density at radius 2 is 1.71 bits per heavy atom. The number of rotatable bonds is 7. The summed E-state index contributed by atoms with van der Waals surface area (Å²) in [6.45, 7) is 11.0. The van der Waals surface area contributed by atoms with Gasteiger partial charge < -0.3 is 24.6 Å². The number of aromatic hydroxyl groups is 1. The van der Waals surface area contributed by atoms with Gasteiger partial charge in [-0.2, -0.15) is 0 Å². The lowest BCUT2D eigenvalue weighted by Crippen LogP contribution is -2.39. The van der Waals surface area contributed by atoms with Crippen LogP contribution < -0.4 is 10.1 Å². The number of para-hydroxylation sites is 1. The quantitative estimate of drug-likeness (QED) is 0.259. The van der Waals surface area contributed by atoms with E-state index in [1.54, 1.807) is 19.9 Å². The van der Waals surface area contributed by atoms with Crippen molar-refractivity contribution in [1.29, 1.82) is 0 Å². The minimum atomic E-state index is -1.06. The van der Waals surface area contributed by atoms with E-state index in [0.717, 1.165) is 28.0 Å². The van der Waals surface area contributed by atoms with Gasteiger partial charge in [-0.3, -0.25) is 10.1 Å². The molecule has 41 heavy (non-hydrogen) atoms. The zero-order valence-electron chi connectivity index (χ0n) is 24.5. The largest absolute Gasteiger partial charge is 0.507 e. The molecule has 4 rings (SSSR count). The Labute approximate surface area is 239 Å². The number of nitro groups is 1. The predicted molar refractivity (Wildman–Crippen MR) is 152 cm³/mol. The van der Waals surface area contributed by atoms with Crippen molar-refractivity contribution in [2.24, 2.45) is 0 Å². The van der Waals surface area contributed by atoms with Crippen LogP contribution in [0, 0.1) is 30.9 Å². The maximum absolute atomic E-state index is 13.6. The molecule has 2 aromatic rings. The molecule has 2 aliphatic heterocycles. The van der Waals surface area contributed by atoms with Crippen molar-refractivity contribution in [2.45, 2.75) is 72.3 Å². The highest BCUT2D eigenvalue weighted by molar-refractivity contribution is 6.00. The summed E-state index contributed by atoms with van der Waals surface area (Å²) >= 11 is 0. The standard InChI is InChI=1S/C31H36N2O8/c1-16-17(2)28-21(18(3)27(16)34)12-13-31(6,41-28)14-15-40-30(36)25-20(5)32-19(4)24(29(35)39-7)26(25)22-10-8-9-11-23(22)33(37)38/h8-11,26,32,34H,12-15H2,1-7H3. The number of fused-ring (bicyclic) bond motifs is 1. The summed E-state index contributed by atoms with van der Waals surface area (Å²) in [4.78, 5) is 37.9. The van der Waals surface area contributed by atoms with Gasteiger partial charge in [0.1, 0.15) is 17.1 Å². The number of phenols is 1. The summed E-state index contributed by atoms with van der Waals surface area (Å²) in [5.41, 5.74) is 3.86. The molecule has 0 amide bonds. The van der Waals surface area contributed by atoms with Crippen molar-refractivity contribution in [1.82, 2.24) is 5.32 Å². The first-order valence-electron chi connectivity index (χ1n) is 13.5. The Hall–Kier alpha value is -4.34. The maximum Gasteiger partial charge on any atom is 0.336 e. The Bertz CT molecular complexity index is 1510. The molecular weight excluding hydrogens is 528 g/mol. The second kappa shape index (κ2) is 11.3. The van der Waals surface area contributed by atoms with Crippen LogP contribution in [-0.4, -0.2) is 41.3 Å². The highest BCUT2D eigenvalue weighted by Crippen LogP contribution is 2.45. The second-order valence-electron chi connectivity index (χ2n) is 10.9. The van der Waals surface area contributed by atoms with E-state index in [9.17, 15) is 24.8 Å². The lowest BCUT2D eigenvalue weighted by atomic mass is 9.79. The van der Waals surface area contributed by atoms with E-state index in [1.807, 2.05) is 27.7 Å². The molecule has 2 heterocycles. The summed E-state index contributed by atoms with van der Waals surface area (Å²) in [7, 11) is 1.22. The number of hydrogen-bond acceptors (Lipinski definition) is 9. The zero-order valence-corrected chi connectivity index (χ0v) is 24.5. The van der Waals surface area contributed by atoms with Crippen molar-refractivity contribution in [3.05, 3.63) is 84.7 Å². The number of esters is 2. The van der Waals surface area contributed by atoms with Crippen LogP contribution in [0.5, 0.6) is 11.5 Å². The minimum Gasteiger partial charge on any atom is -0.507 e. The first-order valence-corrected chi connectivity index (χ1v) is 13.5. The van der Waals surface area contributed by atoms with E-state index in [-0.39, 0.29) is 34.8 Å². The summed E-state index contributed by atoms with van der Waals surface area (Å²) in [6, 6.07) is 6.02. The highest BCUT2D eigenvalue weighted by Gasteiger charge is 2.41. The summed E-state index contributed by atoms with van der Waals surface area (Å²) in [5.74, 6) is -1.42. The molecule has 0 saturated heterocycles. The molecule has 10 nitrogen and oxygen atoms in total. The van der Waals surface area contributed by atoms with Crippen LogP contribution in [0.3, 0.4) is 0 Å².